The second-order valence-electron chi connectivity index (χ2n) is 5.46. The topological polar surface area (TPSA) is 179 Å². The van der Waals surface area contributed by atoms with Gasteiger partial charge in [-0.2, -0.15) is 0 Å². The first-order valence-corrected chi connectivity index (χ1v) is 10.3. The van der Waals surface area contributed by atoms with Gasteiger partial charge in [-0.1, -0.05) is 6.07 Å². The molecule has 0 bridgehead atoms. The molecule has 0 unspecified atom stereocenters. The zero-order chi connectivity index (χ0) is 22.0. The van der Waals surface area contributed by atoms with Crippen molar-refractivity contribution in [3.05, 3.63) is 42.1 Å². The zero-order valence-electron chi connectivity index (χ0n) is 14.9. The summed E-state index contributed by atoms with van der Waals surface area (Å²) in [6, 6.07) is 4.95. The molecule has 156 valence electrons. The van der Waals surface area contributed by atoms with E-state index in [9.17, 15) is 35.5 Å². The second-order valence-corrected chi connectivity index (χ2v) is 8.19. The normalized spacial score (nSPS) is 12.5. The van der Waals surface area contributed by atoms with Crippen LogP contribution in [0, 0.1) is 0 Å². The second kappa shape index (κ2) is 8.16. The van der Waals surface area contributed by atoms with Crippen LogP contribution in [0.2, 0.25) is 0 Å². The number of ether oxygens (including phenoxy) is 2. The van der Waals surface area contributed by atoms with E-state index in [4.69, 9.17) is 0 Å². The first kappa shape index (κ1) is 22.3. The van der Waals surface area contributed by atoms with Gasteiger partial charge in [-0.3, -0.25) is 0 Å². The van der Waals surface area contributed by atoms with Crippen LogP contribution in [0.1, 0.15) is 0 Å². The summed E-state index contributed by atoms with van der Waals surface area (Å²) in [4.78, 5) is 21.4. The van der Waals surface area contributed by atoms with Crippen molar-refractivity contribution in [1.29, 1.82) is 0 Å². The van der Waals surface area contributed by atoms with Crippen LogP contribution in [0.4, 0.5) is 5.69 Å². The molecular weight excluding hydrogens is 430 g/mol. The smallest absolute Gasteiger partial charge is 0.354 e. The van der Waals surface area contributed by atoms with E-state index in [1.807, 2.05) is 0 Å². The van der Waals surface area contributed by atoms with Gasteiger partial charge in [0, 0.05) is 5.69 Å². The van der Waals surface area contributed by atoms with E-state index in [0.29, 0.717) is 6.07 Å². The summed E-state index contributed by atoms with van der Waals surface area (Å²) in [5, 5.41) is 2.30. The lowest BCUT2D eigenvalue weighted by Crippen LogP contribution is -2.15. The largest absolute Gasteiger partial charge is 0.744 e. The van der Waals surface area contributed by atoms with E-state index in [2.05, 4.69) is 14.8 Å². The van der Waals surface area contributed by atoms with Crippen LogP contribution >= 0.6 is 0 Å². The van der Waals surface area contributed by atoms with Gasteiger partial charge in [-0.05, 0) is 35.0 Å². The fraction of sp³-hybridized carbons (Fsp3) is 0.125. The highest BCUT2D eigenvalue weighted by Crippen LogP contribution is 2.29. The van der Waals surface area contributed by atoms with Crippen LogP contribution in [-0.2, 0) is 39.3 Å². The number of nitrogens with one attached hydrogen (secondary N) is 1. The standard InChI is InChI=1S/C16H15NO10S2/c1-26-15(18)8-13(16(19)27-2)17-10-3-4-12-9(5-10)6-11(28(20,21)22)7-14(12)29(23,24)25/h3-8,17H,1-2H3,(H,20,21,22)(H,23,24,25)/p-2/b13-8+. The number of benzene rings is 2. The highest BCUT2D eigenvalue weighted by molar-refractivity contribution is 7.86. The molecule has 13 heteroatoms. The van der Waals surface area contributed by atoms with Crippen LogP contribution < -0.4 is 5.32 Å². The number of hydrogen-bond donors (Lipinski definition) is 1. The summed E-state index contributed by atoms with van der Waals surface area (Å²) in [6.07, 6.45) is 0.794. The van der Waals surface area contributed by atoms with Crippen molar-refractivity contribution in [2.75, 3.05) is 19.5 Å². The van der Waals surface area contributed by atoms with Crippen molar-refractivity contribution in [3.8, 4) is 0 Å². The summed E-state index contributed by atoms with van der Waals surface area (Å²) < 4.78 is 77.3. The minimum atomic E-state index is -5.11. The summed E-state index contributed by atoms with van der Waals surface area (Å²) in [6.45, 7) is 0. The molecule has 29 heavy (non-hydrogen) atoms. The lowest BCUT2D eigenvalue weighted by Gasteiger charge is -2.16. The van der Waals surface area contributed by atoms with E-state index in [-0.39, 0.29) is 22.2 Å². The molecule has 0 aliphatic heterocycles. The van der Waals surface area contributed by atoms with Gasteiger partial charge in [0.15, 0.2) is 0 Å². The number of methoxy groups -OCH3 is 2. The molecule has 11 nitrogen and oxygen atoms in total. The Labute approximate surface area is 165 Å². The van der Waals surface area contributed by atoms with Gasteiger partial charge in [0.2, 0.25) is 0 Å². The highest BCUT2D eigenvalue weighted by atomic mass is 32.2. The SMILES string of the molecule is COC(=O)/C=C(/Nc1ccc2c(S(=O)(=O)[O-])cc(S(=O)(=O)[O-])cc2c1)C(=O)OC. The molecule has 0 aliphatic rings. The molecule has 0 amide bonds. The molecule has 1 N–H and O–H groups in total. The van der Waals surface area contributed by atoms with Gasteiger partial charge in [0.05, 0.1) is 30.1 Å². The van der Waals surface area contributed by atoms with E-state index in [1.165, 1.54) is 12.1 Å². The number of carbonyl (C=O) groups excluding carboxylic acids is 2. The maximum Gasteiger partial charge on any atom is 0.354 e. The van der Waals surface area contributed by atoms with Crippen LogP contribution in [0.3, 0.4) is 0 Å². The monoisotopic (exact) mass is 443 g/mol. The van der Waals surface area contributed by atoms with Gasteiger partial charge >= 0.3 is 11.9 Å². The van der Waals surface area contributed by atoms with E-state index >= 15 is 0 Å². The Bertz CT molecular complexity index is 1230. The molecule has 0 radical (unpaired) electrons. The first-order chi connectivity index (χ1) is 13.4. The van der Waals surface area contributed by atoms with Gasteiger partial charge in [-0.25, -0.2) is 26.4 Å². The summed E-state index contributed by atoms with van der Waals surface area (Å²) >= 11 is 0. The number of esters is 2. The van der Waals surface area contributed by atoms with Crippen molar-refractivity contribution in [3.63, 3.8) is 0 Å². The third kappa shape index (κ3) is 5.29. The van der Waals surface area contributed by atoms with Crippen LogP contribution in [0.15, 0.2) is 51.9 Å². The van der Waals surface area contributed by atoms with Crippen LogP contribution in [-0.4, -0.2) is 52.1 Å². The van der Waals surface area contributed by atoms with E-state index < -0.39 is 42.0 Å². The predicted molar refractivity (Wildman–Crippen MR) is 95.6 cm³/mol. The Kier molecular flexibility index (Phi) is 6.27. The average Bonchev–Trinajstić information content (AvgIpc) is 2.63. The van der Waals surface area contributed by atoms with Gasteiger partial charge in [0.25, 0.3) is 0 Å². The number of rotatable bonds is 6. The molecule has 2 aromatic carbocycles. The molecule has 0 spiro atoms. The summed E-state index contributed by atoms with van der Waals surface area (Å²) in [5.41, 5.74) is -0.254. The average molecular weight is 443 g/mol. The van der Waals surface area contributed by atoms with Crippen molar-refractivity contribution in [1.82, 2.24) is 0 Å². The van der Waals surface area contributed by atoms with Crippen molar-refractivity contribution >= 4 is 48.6 Å². The third-order valence-electron chi connectivity index (χ3n) is 3.59. The van der Waals surface area contributed by atoms with Crippen molar-refractivity contribution in [2.45, 2.75) is 9.79 Å². The molecule has 0 atom stereocenters. The fourth-order valence-electron chi connectivity index (χ4n) is 2.33. The number of carbonyl (C=O) groups is 2. The minimum absolute atomic E-state index is 0.0905. The molecule has 0 saturated heterocycles. The lowest BCUT2D eigenvalue weighted by atomic mass is 10.1. The van der Waals surface area contributed by atoms with E-state index in [1.54, 1.807) is 0 Å². The molecule has 0 heterocycles. The van der Waals surface area contributed by atoms with Gasteiger partial charge in [0.1, 0.15) is 25.9 Å². The molecule has 0 aromatic heterocycles. The Morgan fingerprint density at radius 1 is 0.966 bits per heavy atom. The quantitative estimate of drug-likeness (QED) is 0.368. The Morgan fingerprint density at radius 3 is 2.14 bits per heavy atom. The maximum absolute atomic E-state index is 11.8. The zero-order valence-corrected chi connectivity index (χ0v) is 16.5. The lowest BCUT2D eigenvalue weighted by molar-refractivity contribution is -0.138. The van der Waals surface area contributed by atoms with Crippen LogP contribution in [0.5, 0.6) is 0 Å². The maximum atomic E-state index is 11.8. The molecule has 0 fully saturated rings. The van der Waals surface area contributed by atoms with Gasteiger partial charge < -0.3 is 23.9 Å². The first-order valence-electron chi connectivity index (χ1n) is 7.51. The predicted octanol–water partition coefficient (Wildman–Crippen LogP) is 0.290. The number of anilines is 1. The van der Waals surface area contributed by atoms with Gasteiger partial charge in [-0.15, -0.1) is 0 Å². The number of fused-ring (bicyclic) bond motifs is 1. The molecular formula is C16H13NO10S2-2. The summed E-state index contributed by atoms with van der Waals surface area (Å²) in [7, 11) is -8.03. The van der Waals surface area contributed by atoms with Crippen molar-refractivity contribution < 1.29 is 45.0 Å². The minimum Gasteiger partial charge on any atom is -0.744 e. The molecule has 2 aromatic rings. The Morgan fingerprint density at radius 2 is 1.62 bits per heavy atom. The molecule has 0 saturated carbocycles. The third-order valence-corrected chi connectivity index (χ3v) is 5.28. The Hall–Kier alpha value is -3.00. The van der Waals surface area contributed by atoms with Crippen LogP contribution in [0.25, 0.3) is 10.8 Å². The van der Waals surface area contributed by atoms with E-state index in [0.717, 1.165) is 32.4 Å². The highest BCUT2D eigenvalue weighted by Gasteiger charge is 2.16. The Balaban J connectivity index is 2.68. The molecule has 0 aliphatic carbocycles. The molecule has 2 rings (SSSR count). The fourth-order valence-corrected chi connectivity index (χ4v) is 3.66. The van der Waals surface area contributed by atoms with Crippen molar-refractivity contribution in [2.24, 2.45) is 0 Å². The summed E-state index contributed by atoms with van der Waals surface area (Å²) in [5.74, 6) is -1.81. The number of hydrogen-bond acceptors (Lipinski definition) is 11.